The van der Waals surface area contributed by atoms with Crippen LogP contribution in [0.3, 0.4) is 0 Å². The van der Waals surface area contributed by atoms with Crippen LogP contribution in [-0.4, -0.2) is 21.0 Å². The zero-order valence-corrected chi connectivity index (χ0v) is 10.5. The Labute approximate surface area is 113 Å². The van der Waals surface area contributed by atoms with Crippen molar-refractivity contribution in [2.45, 2.75) is 13.3 Å². The fourth-order valence-electron chi connectivity index (χ4n) is 1.59. The predicted molar refractivity (Wildman–Crippen MR) is 69.0 cm³/mol. The molecule has 2 aromatic rings. The van der Waals surface area contributed by atoms with Gasteiger partial charge in [0.05, 0.1) is 10.5 Å². The van der Waals surface area contributed by atoms with Crippen molar-refractivity contribution >= 4 is 17.4 Å². The molecule has 1 heterocycles. The molecule has 0 unspecified atom stereocenters. The summed E-state index contributed by atoms with van der Waals surface area (Å²) in [6, 6.07) is 4.37. The lowest BCUT2D eigenvalue weighted by Gasteiger charge is -2.03. The van der Waals surface area contributed by atoms with Crippen molar-refractivity contribution in [3.63, 3.8) is 0 Å². The first-order valence-corrected chi connectivity index (χ1v) is 5.81. The van der Waals surface area contributed by atoms with Crippen LogP contribution in [0.5, 0.6) is 0 Å². The van der Waals surface area contributed by atoms with E-state index in [4.69, 9.17) is 0 Å². The first-order valence-electron chi connectivity index (χ1n) is 5.81. The molecule has 1 amide bonds. The number of benzene rings is 1. The maximum atomic E-state index is 13.5. The number of H-pyrrole nitrogens is 1. The van der Waals surface area contributed by atoms with E-state index in [0.717, 1.165) is 23.9 Å². The summed E-state index contributed by atoms with van der Waals surface area (Å²) in [5.74, 6) is -1.39. The molecule has 7 nitrogen and oxygen atoms in total. The quantitative estimate of drug-likeness (QED) is 0.661. The molecular weight excluding hydrogens is 267 g/mol. The Kier molecular flexibility index (Phi) is 3.74. The van der Waals surface area contributed by atoms with E-state index in [0.29, 0.717) is 6.42 Å². The third-order valence-electron chi connectivity index (χ3n) is 2.66. The van der Waals surface area contributed by atoms with Crippen LogP contribution in [0, 0.1) is 15.9 Å². The van der Waals surface area contributed by atoms with Gasteiger partial charge >= 0.3 is 0 Å². The fraction of sp³-hybridized carbons (Fsp3) is 0.167. The van der Waals surface area contributed by atoms with Crippen molar-refractivity contribution in [1.29, 1.82) is 0 Å². The van der Waals surface area contributed by atoms with Crippen molar-refractivity contribution < 1.29 is 14.1 Å². The zero-order chi connectivity index (χ0) is 14.7. The molecule has 1 aromatic heterocycles. The van der Waals surface area contributed by atoms with Crippen molar-refractivity contribution in [3.8, 4) is 0 Å². The number of non-ortho nitro benzene ring substituents is 1. The van der Waals surface area contributed by atoms with Gasteiger partial charge in [-0.15, -0.1) is 0 Å². The van der Waals surface area contributed by atoms with Gasteiger partial charge in [-0.1, -0.05) is 6.92 Å². The average molecular weight is 278 g/mol. The first-order chi connectivity index (χ1) is 9.51. The lowest BCUT2D eigenvalue weighted by molar-refractivity contribution is -0.384. The van der Waals surface area contributed by atoms with Gasteiger partial charge in [0.25, 0.3) is 11.6 Å². The number of rotatable bonds is 4. The molecule has 2 rings (SSSR count). The van der Waals surface area contributed by atoms with Gasteiger partial charge in [-0.25, -0.2) is 4.39 Å². The summed E-state index contributed by atoms with van der Waals surface area (Å²) in [7, 11) is 0. The largest absolute Gasteiger partial charge is 0.305 e. The zero-order valence-electron chi connectivity index (χ0n) is 10.5. The number of aromatic nitrogens is 2. The summed E-state index contributed by atoms with van der Waals surface area (Å²) in [6.07, 6.45) is 0.702. The molecule has 1 aromatic carbocycles. The minimum atomic E-state index is -0.834. The molecule has 0 atom stereocenters. The van der Waals surface area contributed by atoms with Crippen LogP contribution >= 0.6 is 0 Å². The number of aryl methyl sites for hydroxylation is 1. The first kappa shape index (κ1) is 13.7. The second-order valence-electron chi connectivity index (χ2n) is 4.01. The number of nitrogens with one attached hydrogen (secondary N) is 2. The lowest BCUT2D eigenvalue weighted by atomic mass is 10.1. The molecule has 0 aliphatic heterocycles. The normalized spacial score (nSPS) is 10.3. The van der Waals surface area contributed by atoms with Gasteiger partial charge in [0.2, 0.25) is 0 Å². The van der Waals surface area contributed by atoms with Crippen LogP contribution in [0.2, 0.25) is 0 Å². The molecule has 0 saturated carbocycles. The van der Waals surface area contributed by atoms with Gasteiger partial charge in [0.1, 0.15) is 5.82 Å². The smallest absolute Gasteiger partial charge is 0.270 e. The highest BCUT2D eigenvalue weighted by Crippen LogP contribution is 2.18. The summed E-state index contributed by atoms with van der Waals surface area (Å²) >= 11 is 0. The van der Waals surface area contributed by atoms with E-state index < -0.39 is 22.2 Å². The Morgan fingerprint density at radius 2 is 2.25 bits per heavy atom. The standard InChI is InChI=1S/C12H11FN4O3/c1-2-7-5-11(16-15-7)14-12(18)9-6-8(17(19)20)3-4-10(9)13/h3-6H,2H2,1H3,(H2,14,15,16,18). The monoisotopic (exact) mass is 278 g/mol. The van der Waals surface area contributed by atoms with Crippen LogP contribution in [0.15, 0.2) is 24.3 Å². The Morgan fingerprint density at radius 1 is 1.50 bits per heavy atom. The molecular formula is C12H11FN4O3. The van der Waals surface area contributed by atoms with Gasteiger partial charge in [-0.2, -0.15) is 5.10 Å². The molecule has 0 bridgehead atoms. The van der Waals surface area contributed by atoms with E-state index in [1.807, 2.05) is 6.92 Å². The number of nitrogens with zero attached hydrogens (tertiary/aromatic N) is 2. The summed E-state index contributed by atoms with van der Waals surface area (Å²) in [5, 5.41) is 19.5. The van der Waals surface area contributed by atoms with E-state index >= 15 is 0 Å². The van der Waals surface area contributed by atoms with E-state index in [1.54, 1.807) is 6.07 Å². The van der Waals surface area contributed by atoms with E-state index in [1.165, 1.54) is 0 Å². The lowest BCUT2D eigenvalue weighted by Crippen LogP contribution is -2.14. The topological polar surface area (TPSA) is 101 Å². The maximum absolute atomic E-state index is 13.5. The average Bonchev–Trinajstić information content (AvgIpc) is 2.86. The number of halogens is 1. The maximum Gasteiger partial charge on any atom is 0.270 e. The third kappa shape index (κ3) is 2.79. The predicted octanol–water partition coefficient (Wildman–Crippen LogP) is 2.27. The second kappa shape index (κ2) is 5.47. The minimum absolute atomic E-state index is 0.234. The second-order valence-corrected chi connectivity index (χ2v) is 4.01. The number of carbonyl (C=O) groups excluding carboxylic acids is 1. The van der Waals surface area contributed by atoms with Gasteiger partial charge < -0.3 is 5.32 Å². The Hall–Kier alpha value is -2.77. The minimum Gasteiger partial charge on any atom is -0.305 e. The number of nitro groups is 1. The molecule has 104 valence electrons. The van der Waals surface area contributed by atoms with Crippen LogP contribution in [0.25, 0.3) is 0 Å². The highest BCUT2D eigenvalue weighted by molar-refractivity contribution is 6.04. The van der Waals surface area contributed by atoms with Gasteiger partial charge in [-0.05, 0) is 12.5 Å². The van der Waals surface area contributed by atoms with Crippen LogP contribution < -0.4 is 5.32 Å². The molecule has 8 heteroatoms. The van der Waals surface area contributed by atoms with E-state index in [9.17, 15) is 19.3 Å². The van der Waals surface area contributed by atoms with Gasteiger partial charge in [0, 0.05) is 23.9 Å². The van der Waals surface area contributed by atoms with Crippen molar-refractivity contribution in [1.82, 2.24) is 10.2 Å². The molecule has 0 fully saturated rings. The number of aromatic amines is 1. The SMILES string of the molecule is CCc1cc(NC(=O)c2cc([N+](=O)[O-])ccc2F)n[nH]1. The van der Waals surface area contributed by atoms with E-state index in [2.05, 4.69) is 15.5 Å². The van der Waals surface area contributed by atoms with Crippen molar-refractivity contribution in [2.24, 2.45) is 0 Å². The molecule has 0 aliphatic rings. The highest BCUT2D eigenvalue weighted by Gasteiger charge is 2.17. The summed E-state index contributed by atoms with van der Waals surface area (Å²) < 4.78 is 13.5. The van der Waals surface area contributed by atoms with Crippen LogP contribution in [0.1, 0.15) is 23.0 Å². The number of carbonyl (C=O) groups is 1. The van der Waals surface area contributed by atoms with Gasteiger partial charge in [0.15, 0.2) is 5.82 Å². The molecule has 0 aliphatic carbocycles. The third-order valence-corrected chi connectivity index (χ3v) is 2.66. The summed E-state index contributed by atoms with van der Waals surface area (Å²) in [4.78, 5) is 21.8. The molecule has 0 spiro atoms. The number of nitro benzene ring substituents is 1. The van der Waals surface area contributed by atoms with E-state index in [-0.39, 0.29) is 11.5 Å². The van der Waals surface area contributed by atoms with Crippen molar-refractivity contribution in [3.05, 3.63) is 51.5 Å². The number of anilines is 1. The molecule has 0 radical (unpaired) electrons. The molecule has 20 heavy (non-hydrogen) atoms. The number of hydrogen-bond donors (Lipinski definition) is 2. The molecule has 2 N–H and O–H groups in total. The fourth-order valence-corrected chi connectivity index (χ4v) is 1.59. The molecule has 0 saturated heterocycles. The Balaban J connectivity index is 2.24. The van der Waals surface area contributed by atoms with Crippen molar-refractivity contribution in [2.75, 3.05) is 5.32 Å². The van der Waals surface area contributed by atoms with Gasteiger partial charge in [-0.3, -0.25) is 20.0 Å². The van der Waals surface area contributed by atoms with Crippen LogP contribution in [-0.2, 0) is 6.42 Å². The summed E-state index contributed by atoms with van der Waals surface area (Å²) in [6.45, 7) is 1.90. The Morgan fingerprint density at radius 3 is 2.85 bits per heavy atom. The Bertz CT molecular complexity index is 668. The number of hydrogen-bond acceptors (Lipinski definition) is 4. The number of amides is 1. The summed E-state index contributed by atoms with van der Waals surface area (Å²) in [5.41, 5.74) is 0.0490. The van der Waals surface area contributed by atoms with Crippen LogP contribution in [0.4, 0.5) is 15.9 Å². The highest BCUT2D eigenvalue weighted by atomic mass is 19.1.